The van der Waals surface area contributed by atoms with Gasteiger partial charge in [-0.15, -0.1) is 0 Å². The predicted molar refractivity (Wildman–Crippen MR) is 72.4 cm³/mol. The second kappa shape index (κ2) is 6.86. The molecule has 0 saturated heterocycles. The van der Waals surface area contributed by atoms with E-state index in [1.165, 1.54) is 0 Å². The van der Waals surface area contributed by atoms with Gasteiger partial charge in [-0.2, -0.15) is 0 Å². The van der Waals surface area contributed by atoms with E-state index in [4.69, 9.17) is 10.2 Å². The van der Waals surface area contributed by atoms with Crippen LogP contribution in [0.2, 0.25) is 0 Å². The summed E-state index contributed by atoms with van der Waals surface area (Å²) in [6, 6.07) is 5.16. The van der Waals surface area contributed by atoms with Crippen molar-refractivity contribution in [1.82, 2.24) is 5.32 Å². The van der Waals surface area contributed by atoms with Crippen molar-refractivity contribution in [2.75, 3.05) is 6.54 Å². The highest BCUT2D eigenvalue weighted by Gasteiger charge is 2.14. The number of aliphatic hydroxyl groups is 1. The van der Waals surface area contributed by atoms with Crippen LogP contribution >= 0.6 is 31.9 Å². The Balaban J connectivity index is 2.55. The minimum atomic E-state index is -1.46. The lowest BCUT2D eigenvalue weighted by molar-refractivity contribution is -0.146. The van der Waals surface area contributed by atoms with Crippen LogP contribution < -0.4 is 5.32 Å². The number of amides is 1. The van der Waals surface area contributed by atoms with Gasteiger partial charge in [0.25, 0.3) is 5.91 Å². The van der Waals surface area contributed by atoms with Gasteiger partial charge < -0.3 is 15.5 Å². The van der Waals surface area contributed by atoms with Gasteiger partial charge in [0.05, 0.1) is 5.56 Å². The lowest BCUT2D eigenvalue weighted by Crippen LogP contribution is -2.30. The standard InChI is InChI=1S/C11H11Br2NO4/c12-6-1-2-8(13)7(5-6)10(16)14-4-3-9(15)11(17)18/h1-2,5,9,15H,3-4H2,(H,14,16)(H,17,18). The number of rotatable bonds is 5. The van der Waals surface area contributed by atoms with Gasteiger partial charge in [-0.1, -0.05) is 15.9 Å². The quantitative estimate of drug-likeness (QED) is 0.726. The number of aliphatic hydroxyl groups excluding tert-OH is 1. The van der Waals surface area contributed by atoms with Crippen molar-refractivity contribution in [2.45, 2.75) is 12.5 Å². The van der Waals surface area contributed by atoms with E-state index < -0.39 is 12.1 Å². The zero-order valence-corrected chi connectivity index (χ0v) is 12.4. The SMILES string of the molecule is O=C(NCCC(O)C(=O)O)c1cc(Br)ccc1Br. The summed E-state index contributed by atoms with van der Waals surface area (Å²) in [6.45, 7) is 0.0885. The highest BCUT2D eigenvalue weighted by Crippen LogP contribution is 2.21. The Labute approximate surface area is 120 Å². The number of hydrogen-bond donors (Lipinski definition) is 3. The van der Waals surface area contributed by atoms with Gasteiger partial charge in [0.15, 0.2) is 6.10 Å². The summed E-state index contributed by atoms with van der Waals surface area (Å²) in [4.78, 5) is 22.1. The molecule has 0 heterocycles. The molecule has 1 rings (SSSR count). The van der Waals surface area contributed by atoms with Crippen molar-refractivity contribution in [3.05, 3.63) is 32.7 Å². The Morgan fingerprint density at radius 3 is 2.61 bits per heavy atom. The molecule has 0 bridgehead atoms. The van der Waals surface area contributed by atoms with Gasteiger partial charge in [-0.05, 0) is 34.1 Å². The van der Waals surface area contributed by atoms with Crippen LogP contribution in [0.25, 0.3) is 0 Å². The van der Waals surface area contributed by atoms with Crippen molar-refractivity contribution >= 4 is 43.7 Å². The third kappa shape index (κ3) is 4.40. The van der Waals surface area contributed by atoms with Crippen LogP contribution in [0.1, 0.15) is 16.8 Å². The molecule has 1 unspecified atom stereocenters. The maximum atomic E-state index is 11.8. The maximum Gasteiger partial charge on any atom is 0.332 e. The molecule has 1 aromatic rings. The molecule has 0 aromatic heterocycles. The van der Waals surface area contributed by atoms with Crippen LogP contribution in [-0.4, -0.2) is 34.7 Å². The average molecular weight is 381 g/mol. The number of aliphatic carboxylic acids is 1. The summed E-state index contributed by atoms with van der Waals surface area (Å²) in [6.07, 6.45) is -1.50. The summed E-state index contributed by atoms with van der Waals surface area (Å²) in [5.41, 5.74) is 0.439. The molecule has 1 aromatic carbocycles. The van der Waals surface area contributed by atoms with Crippen LogP contribution in [-0.2, 0) is 4.79 Å². The van der Waals surface area contributed by atoms with Crippen molar-refractivity contribution in [2.24, 2.45) is 0 Å². The van der Waals surface area contributed by atoms with E-state index in [9.17, 15) is 9.59 Å². The molecule has 0 spiro atoms. The van der Waals surface area contributed by atoms with Crippen LogP contribution in [0.15, 0.2) is 27.1 Å². The Hall–Kier alpha value is -0.920. The van der Waals surface area contributed by atoms with Gasteiger partial charge in [0.1, 0.15) is 0 Å². The van der Waals surface area contributed by atoms with Crippen molar-refractivity contribution in [3.8, 4) is 0 Å². The molecule has 3 N–H and O–H groups in total. The van der Waals surface area contributed by atoms with E-state index in [1.807, 2.05) is 0 Å². The first kappa shape index (κ1) is 15.1. The van der Waals surface area contributed by atoms with Gasteiger partial charge in [-0.3, -0.25) is 4.79 Å². The Bertz CT molecular complexity index is 464. The van der Waals surface area contributed by atoms with Gasteiger partial charge >= 0.3 is 5.97 Å². The van der Waals surface area contributed by atoms with Crippen LogP contribution in [0.5, 0.6) is 0 Å². The topological polar surface area (TPSA) is 86.6 Å². The fourth-order valence-electron chi connectivity index (χ4n) is 1.21. The molecular formula is C11H11Br2NO4. The number of hydrogen-bond acceptors (Lipinski definition) is 3. The van der Waals surface area contributed by atoms with Crippen LogP contribution in [0.4, 0.5) is 0 Å². The third-order valence-electron chi connectivity index (χ3n) is 2.16. The molecule has 0 aliphatic heterocycles. The van der Waals surface area contributed by atoms with E-state index in [-0.39, 0.29) is 18.9 Å². The summed E-state index contributed by atoms with van der Waals surface area (Å²) in [5, 5.41) is 20.0. The predicted octanol–water partition coefficient (Wildman–Crippen LogP) is 1.78. The van der Waals surface area contributed by atoms with E-state index >= 15 is 0 Å². The van der Waals surface area contributed by atoms with E-state index in [0.29, 0.717) is 10.0 Å². The molecule has 0 fully saturated rings. The highest BCUT2D eigenvalue weighted by atomic mass is 79.9. The van der Waals surface area contributed by atoms with Crippen molar-refractivity contribution in [3.63, 3.8) is 0 Å². The first-order valence-electron chi connectivity index (χ1n) is 5.06. The Morgan fingerprint density at radius 2 is 2.00 bits per heavy atom. The van der Waals surface area contributed by atoms with Gasteiger partial charge in [-0.25, -0.2) is 4.79 Å². The van der Waals surface area contributed by atoms with Crippen LogP contribution in [0, 0.1) is 0 Å². The molecular weight excluding hydrogens is 370 g/mol. The molecule has 1 amide bonds. The third-order valence-corrected chi connectivity index (χ3v) is 3.35. The summed E-state index contributed by atoms with van der Waals surface area (Å²) in [5.74, 6) is -1.63. The number of carboxylic acid groups (broad SMARTS) is 1. The van der Waals surface area contributed by atoms with E-state index in [2.05, 4.69) is 37.2 Å². The molecule has 1 atom stereocenters. The molecule has 18 heavy (non-hydrogen) atoms. The fraction of sp³-hybridized carbons (Fsp3) is 0.273. The van der Waals surface area contributed by atoms with E-state index in [1.54, 1.807) is 18.2 Å². The molecule has 0 aliphatic carbocycles. The smallest absolute Gasteiger partial charge is 0.332 e. The monoisotopic (exact) mass is 379 g/mol. The molecule has 0 aliphatic rings. The highest BCUT2D eigenvalue weighted by molar-refractivity contribution is 9.11. The molecule has 0 radical (unpaired) electrons. The number of benzene rings is 1. The summed E-state index contributed by atoms with van der Waals surface area (Å²) >= 11 is 6.51. The first-order chi connectivity index (χ1) is 8.41. The fourth-order valence-corrected chi connectivity index (χ4v) is 2.00. The van der Waals surface area contributed by atoms with Crippen molar-refractivity contribution in [1.29, 1.82) is 0 Å². The zero-order chi connectivity index (χ0) is 13.7. The number of carbonyl (C=O) groups is 2. The lowest BCUT2D eigenvalue weighted by atomic mass is 10.2. The largest absolute Gasteiger partial charge is 0.479 e. The lowest BCUT2D eigenvalue weighted by Gasteiger charge is -2.08. The average Bonchev–Trinajstić information content (AvgIpc) is 2.31. The van der Waals surface area contributed by atoms with Crippen molar-refractivity contribution < 1.29 is 19.8 Å². The molecule has 98 valence electrons. The molecule has 5 nitrogen and oxygen atoms in total. The van der Waals surface area contributed by atoms with E-state index in [0.717, 1.165) is 4.47 Å². The van der Waals surface area contributed by atoms with Gasteiger partial charge in [0, 0.05) is 21.9 Å². The van der Waals surface area contributed by atoms with Gasteiger partial charge in [0.2, 0.25) is 0 Å². The Kier molecular flexibility index (Phi) is 5.77. The zero-order valence-electron chi connectivity index (χ0n) is 9.19. The Morgan fingerprint density at radius 1 is 1.33 bits per heavy atom. The minimum Gasteiger partial charge on any atom is -0.479 e. The minimum absolute atomic E-state index is 0.0350. The van der Waals surface area contributed by atoms with Crippen LogP contribution in [0.3, 0.4) is 0 Å². The second-order valence-electron chi connectivity index (χ2n) is 3.52. The summed E-state index contributed by atoms with van der Waals surface area (Å²) < 4.78 is 1.41. The number of halogens is 2. The maximum absolute atomic E-state index is 11.8. The summed E-state index contributed by atoms with van der Waals surface area (Å²) in [7, 11) is 0. The molecule has 0 saturated carbocycles. The molecule has 7 heteroatoms. The first-order valence-corrected chi connectivity index (χ1v) is 6.64. The second-order valence-corrected chi connectivity index (χ2v) is 5.29. The normalized spacial score (nSPS) is 11.9. The number of carboxylic acids is 1. The number of nitrogens with one attached hydrogen (secondary N) is 1. The number of carbonyl (C=O) groups excluding carboxylic acids is 1.